The number of ether oxygens (including phenoxy) is 2. The van der Waals surface area contributed by atoms with Gasteiger partial charge in [0.25, 0.3) is 5.91 Å². The van der Waals surface area contributed by atoms with Crippen LogP contribution >= 0.6 is 22.9 Å². The molecule has 0 aliphatic heterocycles. The second-order valence-electron chi connectivity index (χ2n) is 5.61. The van der Waals surface area contributed by atoms with Gasteiger partial charge >= 0.3 is 5.97 Å². The summed E-state index contributed by atoms with van der Waals surface area (Å²) >= 11 is 7.17. The van der Waals surface area contributed by atoms with Crippen LogP contribution in [-0.2, 0) is 16.1 Å². The van der Waals surface area contributed by atoms with Gasteiger partial charge in [0, 0.05) is 16.4 Å². The number of carbonyl (C=O) groups is 2. The molecule has 0 saturated heterocycles. The summed E-state index contributed by atoms with van der Waals surface area (Å²) in [5.74, 6) is 0.0147. The number of hydrogen-bond acceptors (Lipinski definition) is 6. The number of carbonyl (C=O) groups excluding carboxylic acids is 2. The van der Waals surface area contributed by atoms with Gasteiger partial charge in [0.15, 0.2) is 12.3 Å². The molecule has 1 fully saturated rings. The largest absolute Gasteiger partial charge is 0.484 e. The zero-order valence-electron chi connectivity index (χ0n) is 13.6. The molecular weight excluding hydrogens is 364 g/mol. The zero-order valence-corrected chi connectivity index (χ0v) is 15.2. The molecule has 3 rings (SSSR count). The minimum atomic E-state index is -0.474. The molecule has 0 N–H and O–H groups in total. The SMILES string of the molecule is COC(=O)c1csc(CN(C(=O)COc2ccc(Cl)cc2)C2CC2)n1. The van der Waals surface area contributed by atoms with Crippen LogP contribution in [0.15, 0.2) is 29.6 Å². The highest BCUT2D eigenvalue weighted by Crippen LogP contribution is 2.29. The summed E-state index contributed by atoms with van der Waals surface area (Å²) < 4.78 is 10.2. The van der Waals surface area contributed by atoms with E-state index >= 15 is 0 Å². The Hall–Kier alpha value is -2.12. The number of aromatic nitrogens is 1. The van der Waals surface area contributed by atoms with E-state index in [1.165, 1.54) is 18.4 Å². The van der Waals surface area contributed by atoms with Crippen LogP contribution in [0, 0.1) is 0 Å². The second kappa shape index (κ2) is 7.84. The Kier molecular flexibility index (Phi) is 5.55. The van der Waals surface area contributed by atoms with E-state index < -0.39 is 5.97 Å². The summed E-state index contributed by atoms with van der Waals surface area (Å²) in [6, 6.07) is 7.08. The molecule has 6 nitrogen and oxygen atoms in total. The number of methoxy groups -OCH3 is 1. The summed E-state index contributed by atoms with van der Waals surface area (Å²) in [6.07, 6.45) is 1.95. The Bertz CT molecular complexity index is 758. The summed E-state index contributed by atoms with van der Waals surface area (Å²) in [6.45, 7) is 0.322. The lowest BCUT2D eigenvalue weighted by molar-refractivity contribution is -0.134. The first-order valence-electron chi connectivity index (χ1n) is 7.77. The van der Waals surface area contributed by atoms with Gasteiger partial charge in [-0.05, 0) is 37.1 Å². The third kappa shape index (κ3) is 4.70. The number of hydrogen-bond donors (Lipinski definition) is 0. The molecule has 1 aromatic heterocycles. The number of benzene rings is 1. The van der Waals surface area contributed by atoms with E-state index in [9.17, 15) is 9.59 Å². The molecule has 1 heterocycles. The fourth-order valence-electron chi connectivity index (χ4n) is 2.29. The number of rotatable bonds is 7. The first kappa shape index (κ1) is 17.7. The highest BCUT2D eigenvalue weighted by atomic mass is 35.5. The van der Waals surface area contributed by atoms with E-state index in [-0.39, 0.29) is 24.2 Å². The van der Waals surface area contributed by atoms with Crippen LogP contribution in [0.3, 0.4) is 0 Å². The van der Waals surface area contributed by atoms with Crippen molar-refractivity contribution in [3.05, 3.63) is 45.4 Å². The standard InChI is InChI=1S/C17H17ClN2O4S/c1-23-17(22)14-10-25-15(19-14)8-20(12-4-5-12)16(21)9-24-13-6-2-11(18)3-7-13/h2-3,6-7,10,12H,4-5,8-9H2,1H3. The Balaban J connectivity index is 1.60. The van der Waals surface area contributed by atoms with Gasteiger partial charge < -0.3 is 14.4 Å². The minimum absolute atomic E-state index is 0.0482. The molecular formula is C17H17ClN2O4S. The fraction of sp³-hybridized carbons (Fsp3) is 0.353. The predicted octanol–water partition coefficient (Wildman–Crippen LogP) is 3.15. The quantitative estimate of drug-likeness (QED) is 0.690. The average Bonchev–Trinajstić information content (AvgIpc) is 3.36. The molecule has 1 aromatic carbocycles. The summed E-state index contributed by atoms with van der Waals surface area (Å²) in [7, 11) is 1.31. The van der Waals surface area contributed by atoms with Crippen molar-refractivity contribution in [3.8, 4) is 5.75 Å². The van der Waals surface area contributed by atoms with Gasteiger partial charge in [0.05, 0.1) is 13.7 Å². The fourth-order valence-corrected chi connectivity index (χ4v) is 3.18. The number of esters is 1. The van der Waals surface area contributed by atoms with Crippen molar-refractivity contribution in [2.45, 2.75) is 25.4 Å². The minimum Gasteiger partial charge on any atom is -0.484 e. The van der Waals surface area contributed by atoms with Crippen LogP contribution in [0.25, 0.3) is 0 Å². The Labute approximate surface area is 154 Å². The third-order valence-electron chi connectivity index (χ3n) is 3.74. The third-order valence-corrected chi connectivity index (χ3v) is 4.82. The molecule has 132 valence electrons. The molecule has 0 bridgehead atoms. The first-order chi connectivity index (χ1) is 12.1. The molecule has 2 aromatic rings. The van der Waals surface area contributed by atoms with E-state index in [4.69, 9.17) is 16.3 Å². The molecule has 0 spiro atoms. The van der Waals surface area contributed by atoms with Crippen molar-refractivity contribution in [3.63, 3.8) is 0 Å². The van der Waals surface area contributed by atoms with Crippen LogP contribution in [0.1, 0.15) is 28.3 Å². The van der Waals surface area contributed by atoms with Crippen molar-refractivity contribution < 1.29 is 19.1 Å². The maximum absolute atomic E-state index is 12.5. The van der Waals surface area contributed by atoms with Gasteiger partial charge in [-0.1, -0.05) is 11.6 Å². The lowest BCUT2D eigenvalue weighted by atomic mass is 10.3. The van der Waals surface area contributed by atoms with Crippen LogP contribution in [0.2, 0.25) is 5.02 Å². The summed E-state index contributed by atoms with van der Waals surface area (Å²) in [5.41, 5.74) is 0.267. The van der Waals surface area contributed by atoms with E-state index in [2.05, 4.69) is 9.72 Å². The van der Waals surface area contributed by atoms with Gasteiger partial charge in [-0.25, -0.2) is 9.78 Å². The Morgan fingerprint density at radius 3 is 2.68 bits per heavy atom. The zero-order chi connectivity index (χ0) is 17.8. The van der Waals surface area contributed by atoms with Gasteiger partial charge in [-0.2, -0.15) is 0 Å². The van der Waals surface area contributed by atoms with Gasteiger partial charge in [-0.3, -0.25) is 4.79 Å². The smallest absolute Gasteiger partial charge is 0.357 e. The maximum Gasteiger partial charge on any atom is 0.357 e. The number of nitrogens with zero attached hydrogens (tertiary/aromatic N) is 2. The predicted molar refractivity (Wildman–Crippen MR) is 94.0 cm³/mol. The molecule has 0 unspecified atom stereocenters. The van der Waals surface area contributed by atoms with Crippen molar-refractivity contribution in [2.75, 3.05) is 13.7 Å². The number of thiazole rings is 1. The molecule has 1 saturated carbocycles. The number of halogens is 1. The lowest BCUT2D eigenvalue weighted by Gasteiger charge is -2.21. The van der Waals surface area contributed by atoms with Crippen molar-refractivity contribution in [2.24, 2.45) is 0 Å². The van der Waals surface area contributed by atoms with E-state index in [0.717, 1.165) is 12.8 Å². The van der Waals surface area contributed by atoms with Crippen molar-refractivity contribution in [1.82, 2.24) is 9.88 Å². The van der Waals surface area contributed by atoms with E-state index in [0.29, 0.717) is 22.3 Å². The molecule has 1 amide bonds. The number of amides is 1. The van der Waals surface area contributed by atoms with Crippen LogP contribution in [0.4, 0.5) is 0 Å². The van der Waals surface area contributed by atoms with E-state index in [1.54, 1.807) is 34.5 Å². The average molecular weight is 381 g/mol. The molecule has 1 aliphatic rings. The van der Waals surface area contributed by atoms with Crippen LogP contribution in [0.5, 0.6) is 5.75 Å². The van der Waals surface area contributed by atoms with Gasteiger partial charge in [-0.15, -0.1) is 11.3 Å². The Morgan fingerprint density at radius 1 is 1.32 bits per heavy atom. The lowest BCUT2D eigenvalue weighted by Crippen LogP contribution is -2.36. The van der Waals surface area contributed by atoms with E-state index in [1.807, 2.05) is 0 Å². The molecule has 25 heavy (non-hydrogen) atoms. The normalized spacial score (nSPS) is 13.4. The molecule has 1 aliphatic carbocycles. The molecule has 8 heteroatoms. The second-order valence-corrected chi connectivity index (χ2v) is 6.99. The summed E-state index contributed by atoms with van der Waals surface area (Å²) in [4.78, 5) is 30.0. The van der Waals surface area contributed by atoms with Gasteiger partial charge in [0.1, 0.15) is 10.8 Å². The first-order valence-corrected chi connectivity index (χ1v) is 9.03. The van der Waals surface area contributed by atoms with Crippen molar-refractivity contribution >= 4 is 34.8 Å². The molecule has 0 atom stereocenters. The van der Waals surface area contributed by atoms with Crippen LogP contribution < -0.4 is 4.74 Å². The molecule has 0 radical (unpaired) electrons. The topological polar surface area (TPSA) is 68.7 Å². The summed E-state index contributed by atoms with van der Waals surface area (Å²) in [5, 5.41) is 2.96. The Morgan fingerprint density at radius 2 is 2.04 bits per heavy atom. The van der Waals surface area contributed by atoms with Crippen LogP contribution in [-0.4, -0.2) is 41.5 Å². The monoisotopic (exact) mass is 380 g/mol. The van der Waals surface area contributed by atoms with Crippen molar-refractivity contribution in [1.29, 1.82) is 0 Å². The highest BCUT2D eigenvalue weighted by Gasteiger charge is 2.33. The highest BCUT2D eigenvalue weighted by molar-refractivity contribution is 7.09. The van der Waals surface area contributed by atoms with Gasteiger partial charge in [0.2, 0.25) is 0 Å². The maximum atomic E-state index is 12.5.